The molecule has 0 atom stereocenters. The quantitative estimate of drug-likeness (QED) is 0.857. The van der Waals surface area contributed by atoms with Crippen LogP contribution in [0.5, 0.6) is 0 Å². The van der Waals surface area contributed by atoms with Crippen molar-refractivity contribution in [1.29, 1.82) is 0 Å². The lowest BCUT2D eigenvalue weighted by molar-refractivity contribution is 0.0622. The van der Waals surface area contributed by atoms with Crippen LogP contribution >= 0.6 is 0 Å². The average Bonchev–Trinajstić information content (AvgIpc) is 2.37. The number of nitrogens with zero attached hydrogens (tertiary/aromatic N) is 1. The van der Waals surface area contributed by atoms with E-state index in [0.717, 1.165) is 29.5 Å². The normalized spacial score (nSPS) is 10.8. The summed E-state index contributed by atoms with van der Waals surface area (Å²) < 4.78 is 0. The minimum atomic E-state index is 0.00698. The van der Waals surface area contributed by atoms with Crippen molar-refractivity contribution in [1.82, 2.24) is 4.90 Å². The van der Waals surface area contributed by atoms with Gasteiger partial charge in [-0.15, -0.1) is 0 Å². The Morgan fingerprint density at radius 2 is 1.68 bits per heavy atom. The predicted molar refractivity (Wildman–Crippen MR) is 78.4 cm³/mol. The molecule has 1 N–H and O–H groups in total. The van der Waals surface area contributed by atoms with E-state index >= 15 is 0 Å². The van der Waals surface area contributed by atoms with E-state index in [4.69, 9.17) is 0 Å². The number of amides is 1. The third-order valence-electron chi connectivity index (χ3n) is 3.45. The zero-order valence-corrected chi connectivity index (χ0v) is 12.4. The van der Waals surface area contributed by atoms with Crippen LogP contribution < -0.4 is 0 Å². The maximum atomic E-state index is 12.6. The summed E-state index contributed by atoms with van der Waals surface area (Å²) in [5, 5.41) is 9.19. The number of aliphatic hydroxyl groups excluding tert-OH is 1. The zero-order chi connectivity index (χ0) is 14.4. The van der Waals surface area contributed by atoms with Crippen LogP contribution in [0.1, 0.15) is 48.2 Å². The molecule has 1 amide bonds. The van der Waals surface area contributed by atoms with Crippen molar-refractivity contribution >= 4 is 5.91 Å². The number of carbonyl (C=O) groups excluding carboxylic acids is 1. The minimum Gasteiger partial charge on any atom is -0.395 e. The third-order valence-corrected chi connectivity index (χ3v) is 3.45. The van der Waals surface area contributed by atoms with E-state index < -0.39 is 0 Å². The lowest BCUT2D eigenvalue weighted by Gasteiger charge is -2.30. The molecule has 1 aromatic rings. The number of hydrogen-bond donors (Lipinski definition) is 1. The van der Waals surface area contributed by atoms with Crippen LogP contribution in [0.25, 0.3) is 0 Å². The van der Waals surface area contributed by atoms with E-state index in [2.05, 4.69) is 19.9 Å². The molecule has 0 radical (unpaired) electrons. The smallest absolute Gasteiger partial charge is 0.254 e. The van der Waals surface area contributed by atoms with Crippen LogP contribution in [0.2, 0.25) is 0 Å². The molecule has 0 saturated heterocycles. The fourth-order valence-electron chi connectivity index (χ4n) is 2.55. The lowest BCUT2D eigenvalue weighted by atomic mass is 10.0. The fraction of sp³-hybridized carbons (Fsp3) is 0.562. The van der Waals surface area contributed by atoms with Gasteiger partial charge in [0, 0.05) is 18.2 Å². The molecule has 0 spiro atoms. The maximum Gasteiger partial charge on any atom is 0.254 e. The molecule has 0 unspecified atom stereocenters. The minimum absolute atomic E-state index is 0.00698. The lowest BCUT2D eigenvalue weighted by Crippen LogP contribution is -2.41. The second-order valence-corrected chi connectivity index (χ2v) is 5.07. The molecule has 0 aliphatic heterocycles. The summed E-state index contributed by atoms with van der Waals surface area (Å²) in [7, 11) is 0. The van der Waals surface area contributed by atoms with Crippen LogP contribution in [0.4, 0.5) is 0 Å². The molecule has 3 heteroatoms. The molecule has 0 aliphatic carbocycles. The van der Waals surface area contributed by atoms with Gasteiger partial charge in [0.25, 0.3) is 5.91 Å². The highest BCUT2D eigenvalue weighted by atomic mass is 16.3. The second kappa shape index (κ2) is 7.29. The third kappa shape index (κ3) is 4.06. The molecule has 0 bridgehead atoms. The number of aliphatic hydroxyl groups is 1. The largest absolute Gasteiger partial charge is 0.395 e. The highest BCUT2D eigenvalue weighted by molar-refractivity contribution is 5.94. The Morgan fingerprint density at radius 1 is 1.16 bits per heavy atom. The van der Waals surface area contributed by atoms with Crippen molar-refractivity contribution in [2.75, 3.05) is 13.2 Å². The van der Waals surface area contributed by atoms with E-state index in [1.165, 1.54) is 0 Å². The van der Waals surface area contributed by atoms with Crippen molar-refractivity contribution in [3.63, 3.8) is 0 Å². The van der Waals surface area contributed by atoms with Crippen molar-refractivity contribution in [3.8, 4) is 0 Å². The van der Waals surface area contributed by atoms with Crippen molar-refractivity contribution in [3.05, 3.63) is 34.9 Å². The molecule has 1 aromatic carbocycles. The maximum absolute atomic E-state index is 12.6. The average molecular weight is 263 g/mol. The predicted octanol–water partition coefficient (Wildman–Crippen LogP) is 2.93. The number of rotatable bonds is 6. The van der Waals surface area contributed by atoms with Gasteiger partial charge in [0.05, 0.1) is 6.61 Å². The Balaban J connectivity index is 3.04. The van der Waals surface area contributed by atoms with Gasteiger partial charge in [-0.2, -0.15) is 0 Å². The number of benzene rings is 1. The number of aryl methyl sites for hydroxylation is 2. The first kappa shape index (κ1) is 15.7. The Hall–Kier alpha value is -1.35. The molecule has 0 aliphatic rings. The molecule has 106 valence electrons. The Morgan fingerprint density at radius 3 is 2.11 bits per heavy atom. The second-order valence-electron chi connectivity index (χ2n) is 5.07. The summed E-state index contributed by atoms with van der Waals surface area (Å²) in [6.45, 7) is 8.56. The summed E-state index contributed by atoms with van der Waals surface area (Å²) in [6, 6.07) is 6.09. The van der Waals surface area contributed by atoms with Gasteiger partial charge in [0.2, 0.25) is 0 Å². The Kier molecular flexibility index (Phi) is 6.03. The molecule has 19 heavy (non-hydrogen) atoms. The standard InChI is InChI=1S/C16H25NO2/c1-5-15(6-2)17(7-8-18)16(19)14-10-12(3)9-13(4)11-14/h9-11,15,18H,5-8H2,1-4H3. The first-order chi connectivity index (χ1) is 9.03. The van der Waals surface area contributed by atoms with Crippen molar-refractivity contribution < 1.29 is 9.90 Å². The first-order valence-electron chi connectivity index (χ1n) is 7.03. The van der Waals surface area contributed by atoms with Crippen molar-refractivity contribution in [2.24, 2.45) is 0 Å². The summed E-state index contributed by atoms with van der Waals surface area (Å²) in [6.07, 6.45) is 1.82. The first-order valence-corrected chi connectivity index (χ1v) is 7.03. The molecule has 0 heterocycles. The van der Waals surface area contributed by atoms with Crippen molar-refractivity contribution in [2.45, 2.75) is 46.6 Å². The van der Waals surface area contributed by atoms with Gasteiger partial charge >= 0.3 is 0 Å². The number of hydrogen-bond acceptors (Lipinski definition) is 2. The molecule has 1 rings (SSSR count). The van der Waals surface area contributed by atoms with Gasteiger partial charge in [0.15, 0.2) is 0 Å². The van der Waals surface area contributed by atoms with E-state index in [9.17, 15) is 9.90 Å². The van der Waals surface area contributed by atoms with Crippen LogP contribution in [-0.4, -0.2) is 35.1 Å². The van der Waals surface area contributed by atoms with Gasteiger partial charge in [-0.05, 0) is 38.8 Å². The highest BCUT2D eigenvalue weighted by Gasteiger charge is 2.22. The van der Waals surface area contributed by atoms with Gasteiger partial charge in [-0.3, -0.25) is 4.79 Å². The summed E-state index contributed by atoms with van der Waals surface area (Å²) >= 11 is 0. The van der Waals surface area contributed by atoms with Crippen LogP contribution in [0, 0.1) is 13.8 Å². The summed E-state index contributed by atoms with van der Waals surface area (Å²) in [4.78, 5) is 14.4. The molecule has 0 saturated carbocycles. The SMILES string of the molecule is CCC(CC)N(CCO)C(=O)c1cc(C)cc(C)c1. The summed E-state index contributed by atoms with van der Waals surface area (Å²) in [5.74, 6) is 0.0227. The molecule has 3 nitrogen and oxygen atoms in total. The Labute approximate surface area is 116 Å². The van der Waals surface area contributed by atoms with Gasteiger partial charge < -0.3 is 10.0 Å². The van der Waals surface area contributed by atoms with E-state index in [1.54, 1.807) is 4.90 Å². The van der Waals surface area contributed by atoms with E-state index in [0.29, 0.717) is 6.54 Å². The topological polar surface area (TPSA) is 40.5 Å². The van der Waals surface area contributed by atoms with Gasteiger partial charge in [-0.1, -0.05) is 31.0 Å². The fourth-order valence-corrected chi connectivity index (χ4v) is 2.55. The highest BCUT2D eigenvalue weighted by Crippen LogP contribution is 2.16. The van der Waals surface area contributed by atoms with E-state index in [-0.39, 0.29) is 18.6 Å². The molecule has 0 fully saturated rings. The number of carbonyl (C=O) groups is 1. The zero-order valence-electron chi connectivity index (χ0n) is 12.4. The van der Waals surface area contributed by atoms with Crippen LogP contribution in [0.3, 0.4) is 0 Å². The summed E-state index contributed by atoms with van der Waals surface area (Å²) in [5.41, 5.74) is 2.91. The van der Waals surface area contributed by atoms with Crippen LogP contribution in [-0.2, 0) is 0 Å². The van der Waals surface area contributed by atoms with E-state index in [1.807, 2.05) is 26.0 Å². The monoisotopic (exact) mass is 263 g/mol. The molecular formula is C16H25NO2. The molecule has 0 aromatic heterocycles. The molecular weight excluding hydrogens is 238 g/mol. The van der Waals surface area contributed by atoms with Gasteiger partial charge in [-0.25, -0.2) is 0 Å². The van der Waals surface area contributed by atoms with Crippen LogP contribution in [0.15, 0.2) is 18.2 Å². The Bertz CT molecular complexity index is 405. The van der Waals surface area contributed by atoms with Gasteiger partial charge in [0.1, 0.15) is 0 Å².